The third-order valence-corrected chi connectivity index (χ3v) is 1.37. The molecular weight excluding hydrogens is 212 g/mol. The minimum atomic E-state index is -0.496. The van der Waals surface area contributed by atoms with Crippen LogP contribution in [0.4, 0.5) is 0 Å². The van der Waals surface area contributed by atoms with E-state index >= 15 is 0 Å². The SMILES string of the molecule is CCCOC(=O)CC.NC(=O)CCC(N)=O. The second-order valence-electron chi connectivity index (χ2n) is 3.01. The van der Waals surface area contributed by atoms with Gasteiger partial charge in [-0.3, -0.25) is 14.4 Å². The van der Waals surface area contributed by atoms with Gasteiger partial charge >= 0.3 is 5.97 Å². The van der Waals surface area contributed by atoms with Gasteiger partial charge in [0.1, 0.15) is 0 Å². The fraction of sp³-hybridized carbons (Fsp3) is 0.700. The van der Waals surface area contributed by atoms with Gasteiger partial charge in [-0.05, 0) is 6.42 Å². The van der Waals surface area contributed by atoms with Crippen molar-refractivity contribution in [1.29, 1.82) is 0 Å². The van der Waals surface area contributed by atoms with Crippen LogP contribution in [0.5, 0.6) is 0 Å². The predicted octanol–water partition coefficient (Wildman–Crippen LogP) is 0.0868. The Kier molecular flexibility index (Phi) is 12.1. The zero-order chi connectivity index (χ0) is 13.0. The molecule has 0 aromatic carbocycles. The number of carbonyl (C=O) groups is 3. The first kappa shape index (κ1) is 16.8. The maximum atomic E-state index is 10.3. The summed E-state index contributed by atoms with van der Waals surface area (Å²) in [6.45, 7) is 4.33. The van der Waals surface area contributed by atoms with E-state index in [0.717, 1.165) is 6.42 Å². The van der Waals surface area contributed by atoms with Crippen molar-refractivity contribution in [2.75, 3.05) is 6.61 Å². The minimum Gasteiger partial charge on any atom is -0.466 e. The monoisotopic (exact) mass is 232 g/mol. The maximum absolute atomic E-state index is 10.3. The smallest absolute Gasteiger partial charge is 0.305 e. The van der Waals surface area contributed by atoms with E-state index in [1.54, 1.807) is 6.92 Å². The predicted molar refractivity (Wildman–Crippen MR) is 59.2 cm³/mol. The summed E-state index contributed by atoms with van der Waals surface area (Å²) >= 11 is 0. The quantitative estimate of drug-likeness (QED) is 0.631. The number of amides is 2. The van der Waals surface area contributed by atoms with Crippen molar-refractivity contribution < 1.29 is 19.1 Å². The fourth-order valence-corrected chi connectivity index (χ4v) is 0.564. The van der Waals surface area contributed by atoms with Crippen molar-refractivity contribution in [3.8, 4) is 0 Å². The number of nitrogens with two attached hydrogens (primary N) is 2. The number of primary amides is 2. The summed E-state index contributed by atoms with van der Waals surface area (Å²) in [4.78, 5) is 30.2. The lowest BCUT2D eigenvalue weighted by atomic mass is 10.3. The summed E-state index contributed by atoms with van der Waals surface area (Å²) in [6, 6.07) is 0. The van der Waals surface area contributed by atoms with E-state index in [0.29, 0.717) is 13.0 Å². The van der Waals surface area contributed by atoms with Gasteiger partial charge in [0.25, 0.3) is 0 Å². The average Bonchev–Trinajstić information content (AvgIpc) is 2.23. The molecule has 0 aliphatic rings. The second-order valence-corrected chi connectivity index (χ2v) is 3.01. The van der Waals surface area contributed by atoms with Gasteiger partial charge in [0, 0.05) is 19.3 Å². The molecule has 0 aliphatic carbocycles. The molecule has 0 atom stereocenters. The number of esters is 1. The first-order valence-corrected chi connectivity index (χ1v) is 5.16. The molecule has 6 heteroatoms. The van der Waals surface area contributed by atoms with Crippen molar-refractivity contribution in [1.82, 2.24) is 0 Å². The van der Waals surface area contributed by atoms with E-state index in [9.17, 15) is 14.4 Å². The minimum absolute atomic E-state index is 0.0509. The molecule has 0 heterocycles. The van der Waals surface area contributed by atoms with Crippen molar-refractivity contribution in [3.05, 3.63) is 0 Å². The topological polar surface area (TPSA) is 112 Å². The maximum Gasteiger partial charge on any atom is 0.305 e. The summed E-state index contributed by atoms with van der Waals surface area (Å²) in [5.74, 6) is -1.10. The van der Waals surface area contributed by atoms with Gasteiger partial charge in [-0.15, -0.1) is 0 Å². The van der Waals surface area contributed by atoms with Crippen LogP contribution in [-0.2, 0) is 19.1 Å². The average molecular weight is 232 g/mol. The number of carbonyl (C=O) groups excluding carboxylic acids is 3. The summed E-state index contributed by atoms with van der Waals surface area (Å²) in [5.41, 5.74) is 9.39. The van der Waals surface area contributed by atoms with Crippen LogP contribution in [0, 0.1) is 0 Å². The molecule has 0 aromatic rings. The van der Waals surface area contributed by atoms with Crippen molar-refractivity contribution >= 4 is 17.8 Å². The van der Waals surface area contributed by atoms with Crippen LogP contribution in [-0.4, -0.2) is 24.4 Å². The molecule has 0 rings (SSSR count). The van der Waals surface area contributed by atoms with E-state index in [-0.39, 0.29) is 18.8 Å². The molecule has 0 radical (unpaired) electrons. The summed E-state index contributed by atoms with van der Waals surface area (Å²) in [5, 5.41) is 0. The Hall–Kier alpha value is -1.59. The zero-order valence-corrected chi connectivity index (χ0v) is 9.82. The largest absolute Gasteiger partial charge is 0.466 e. The van der Waals surface area contributed by atoms with Crippen LogP contribution in [0.25, 0.3) is 0 Å². The Bertz CT molecular complexity index is 215. The second kappa shape index (κ2) is 11.5. The van der Waals surface area contributed by atoms with Crippen molar-refractivity contribution in [2.24, 2.45) is 11.5 Å². The first-order valence-electron chi connectivity index (χ1n) is 5.16. The number of ether oxygens (including phenoxy) is 1. The highest BCUT2D eigenvalue weighted by molar-refractivity contribution is 5.81. The van der Waals surface area contributed by atoms with Crippen LogP contribution in [0.2, 0.25) is 0 Å². The van der Waals surface area contributed by atoms with Gasteiger partial charge in [-0.2, -0.15) is 0 Å². The number of rotatable bonds is 6. The molecule has 16 heavy (non-hydrogen) atoms. The van der Waals surface area contributed by atoms with Crippen LogP contribution in [0.15, 0.2) is 0 Å². The van der Waals surface area contributed by atoms with Gasteiger partial charge in [0.05, 0.1) is 6.61 Å². The van der Waals surface area contributed by atoms with E-state index in [1.165, 1.54) is 0 Å². The molecule has 0 aromatic heterocycles. The highest BCUT2D eigenvalue weighted by atomic mass is 16.5. The van der Waals surface area contributed by atoms with Crippen LogP contribution in [0.1, 0.15) is 39.5 Å². The Morgan fingerprint density at radius 1 is 1.00 bits per heavy atom. The summed E-state index contributed by atoms with van der Waals surface area (Å²) in [7, 11) is 0. The van der Waals surface area contributed by atoms with E-state index in [4.69, 9.17) is 16.2 Å². The van der Waals surface area contributed by atoms with Crippen LogP contribution >= 0.6 is 0 Å². The Labute approximate surface area is 95.3 Å². The molecule has 0 saturated heterocycles. The Morgan fingerprint density at radius 2 is 1.44 bits per heavy atom. The summed E-state index contributed by atoms with van der Waals surface area (Å²) < 4.78 is 4.70. The molecule has 94 valence electrons. The Morgan fingerprint density at radius 3 is 1.69 bits per heavy atom. The Balaban J connectivity index is 0. The van der Waals surface area contributed by atoms with Crippen LogP contribution < -0.4 is 11.5 Å². The molecule has 0 fully saturated rings. The van der Waals surface area contributed by atoms with Gasteiger partial charge < -0.3 is 16.2 Å². The molecule has 4 N–H and O–H groups in total. The zero-order valence-electron chi connectivity index (χ0n) is 9.82. The highest BCUT2D eigenvalue weighted by Crippen LogP contribution is 1.85. The first-order chi connectivity index (χ1) is 7.43. The molecule has 0 bridgehead atoms. The highest BCUT2D eigenvalue weighted by Gasteiger charge is 1.96. The molecule has 6 nitrogen and oxygen atoms in total. The van der Waals surface area contributed by atoms with Crippen LogP contribution in [0.3, 0.4) is 0 Å². The number of hydrogen-bond acceptors (Lipinski definition) is 4. The lowest BCUT2D eigenvalue weighted by Crippen LogP contribution is -2.16. The third-order valence-electron chi connectivity index (χ3n) is 1.37. The lowest BCUT2D eigenvalue weighted by molar-refractivity contribution is -0.143. The van der Waals surface area contributed by atoms with Gasteiger partial charge in [-0.1, -0.05) is 13.8 Å². The summed E-state index contributed by atoms with van der Waals surface area (Å²) in [6.07, 6.45) is 1.50. The lowest BCUT2D eigenvalue weighted by Gasteiger charge is -1.97. The van der Waals surface area contributed by atoms with E-state index < -0.39 is 11.8 Å². The molecular formula is C10H20N2O4. The fourth-order valence-electron chi connectivity index (χ4n) is 0.564. The normalized spacial score (nSPS) is 8.62. The molecule has 0 unspecified atom stereocenters. The third kappa shape index (κ3) is 18.2. The van der Waals surface area contributed by atoms with Crippen molar-refractivity contribution in [2.45, 2.75) is 39.5 Å². The molecule has 2 amide bonds. The molecule has 0 spiro atoms. The van der Waals surface area contributed by atoms with E-state index in [2.05, 4.69) is 0 Å². The van der Waals surface area contributed by atoms with E-state index in [1.807, 2.05) is 6.92 Å². The molecule has 0 aliphatic heterocycles. The van der Waals surface area contributed by atoms with Crippen molar-refractivity contribution in [3.63, 3.8) is 0 Å². The van der Waals surface area contributed by atoms with Gasteiger partial charge in [-0.25, -0.2) is 0 Å². The standard InChI is InChI=1S/C6H12O2.C4H8N2O2/c1-3-5-8-6(7)4-2;5-3(7)1-2-4(6)8/h3-5H2,1-2H3;1-2H2,(H2,5,7)(H2,6,8). The van der Waals surface area contributed by atoms with Gasteiger partial charge in [0.15, 0.2) is 0 Å². The molecule has 0 saturated carbocycles. The van der Waals surface area contributed by atoms with Gasteiger partial charge in [0.2, 0.25) is 11.8 Å². The number of hydrogen-bond donors (Lipinski definition) is 2.